The minimum Gasteiger partial charge on any atom is -0.312 e. The summed E-state index contributed by atoms with van der Waals surface area (Å²) in [5.41, 5.74) is 0.165. The van der Waals surface area contributed by atoms with Crippen LogP contribution < -0.4 is 10.0 Å². The lowest BCUT2D eigenvalue weighted by Gasteiger charge is -2.39. The number of nitrogens with one attached hydrogen (secondary N) is 2. The smallest absolute Gasteiger partial charge is 0.211 e. The molecular weight excluding hydrogens is 236 g/mol. The van der Waals surface area contributed by atoms with E-state index in [0.717, 1.165) is 13.0 Å². The first-order chi connectivity index (χ1) is 7.73. The molecule has 0 aromatic rings. The van der Waals surface area contributed by atoms with Gasteiger partial charge in [0.1, 0.15) is 0 Å². The SMILES string of the molecule is CC(C)CS(=O)(=O)NCC1NCCCC1(C)C. The van der Waals surface area contributed by atoms with E-state index in [9.17, 15) is 8.42 Å². The minimum absolute atomic E-state index is 0.165. The van der Waals surface area contributed by atoms with Crippen LogP contribution in [0.1, 0.15) is 40.5 Å². The highest BCUT2D eigenvalue weighted by Gasteiger charge is 2.32. The molecule has 102 valence electrons. The Morgan fingerprint density at radius 2 is 2.06 bits per heavy atom. The van der Waals surface area contributed by atoms with Crippen LogP contribution in [0.4, 0.5) is 0 Å². The van der Waals surface area contributed by atoms with Gasteiger partial charge in [-0.15, -0.1) is 0 Å². The fraction of sp³-hybridized carbons (Fsp3) is 1.00. The van der Waals surface area contributed by atoms with Gasteiger partial charge in [0.2, 0.25) is 10.0 Å². The van der Waals surface area contributed by atoms with Gasteiger partial charge < -0.3 is 5.32 Å². The number of piperidine rings is 1. The number of hydrogen-bond acceptors (Lipinski definition) is 3. The lowest BCUT2D eigenvalue weighted by atomic mass is 9.78. The maximum atomic E-state index is 11.8. The van der Waals surface area contributed by atoms with Gasteiger partial charge in [0.15, 0.2) is 0 Å². The molecule has 1 atom stereocenters. The summed E-state index contributed by atoms with van der Waals surface area (Å²) in [5.74, 6) is 0.375. The van der Waals surface area contributed by atoms with Gasteiger partial charge in [-0.3, -0.25) is 0 Å². The fourth-order valence-electron chi connectivity index (χ4n) is 2.33. The van der Waals surface area contributed by atoms with Crippen molar-refractivity contribution < 1.29 is 8.42 Å². The molecule has 1 aliphatic rings. The van der Waals surface area contributed by atoms with Gasteiger partial charge >= 0.3 is 0 Å². The van der Waals surface area contributed by atoms with Crippen molar-refractivity contribution in [1.29, 1.82) is 0 Å². The van der Waals surface area contributed by atoms with Gasteiger partial charge in [0, 0.05) is 12.6 Å². The van der Waals surface area contributed by atoms with E-state index in [1.807, 2.05) is 13.8 Å². The second-order valence-corrected chi connectivity index (χ2v) is 7.97. The average molecular weight is 262 g/mol. The lowest BCUT2D eigenvalue weighted by Crippen LogP contribution is -2.53. The maximum absolute atomic E-state index is 11.8. The van der Waals surface area contributed by atoms with E-state index in [1.54, 1.807) is 0 Å². The van der Waals surface area contributed by atoms with Crippen LogP contribution in [0.15, 0.2) is 0 Å². The summed E-state index contributed by atoms with van der Waals surface area (Å²) in [6.07, 6.45) is 2.32. The lowest BCUT2D eigenvalue weighted by molar-refractivity contribution is 0.181. The molecule has 1 unspecified atom stereocenters. The molecule has 5 heteroatoms. The molecule has 0 saturated carbocycles. The molecule has 0 radical (unpaired) electrons. The van der Waals surface area contributed by atoms with Crippen molar-refractivity contribution in [3.8, 4) is 0 Å². The molecule has 17 heavy (non-hydrogen) atoms. The van der Waals surface area contributed by atoms with Crippen LogP contribution in [0.3, 0.4) is 0 Å². The largest absolute Gasteiger partial charge is 0.312 e. The summed E-state index contributed by atoms with van der Waals surface area (Å²) in [6, 6.07) is 0.234. The minimum atomic E-state index is -3.12. The van der Waals surface area contributed by atoms with E-state index in [-0.39, 0.29) is 23.1 Å². The summed E-state index contributed by atoms with van der Waals surface area (Å²) in [4.78, 5) is 0. The zero-order valence-electron chi connectivity index (χ0n) is 11.4. The topological polar surface area (TPSA) is 58.2 Å². The van der Waals surface area contributed by atoms with Crippen molar-refractivity contribution in [2.45, 2.75) is 46.6 Å². The van der Waals surface area contributed by atoms with Gasteiger partial charge in [-0.2, -0.15) is 0 Å². The van der Waals surface area contributed by atoms with Crippen molar-refractivity contribution in [3.05, 3.63) is 0 Å². The van der Waals surface area contributed by atoms with Crippen LogP contribution in [-0.4, -0.2) is 33.3 Å². The Morgan fingerprint density at radius 3 is 2.59 bits per heavy atom. The highest BCUT2D eigenvalue weighted by molar-refractivity contribution is 7.89. The van der Waals surface area contributed by atoms with Crippen LogP contribution in [0.25, 0.3) is 0 Å². The Hall–Kier alpha value is -0.130. The third kappa shape index (κ3) is 4.94. The molecule has 0 amide bonds. The summed E-state index contributed by atoms with van der Waals surface area (Å²) in [7, 11) is -3.12. The average Bonchev–Trinajstić information content (AvgIpc) is 2.13. The van der Waals surface area contributed by atoms with Crippen molar-refractivity contribution >= 4 is 10.0 Å². The Morgan fingerprint density at radius 1 is 1.41 bits per heavy atom. The highest BCUT2D eigenvalue weighted by atomic mass is 32.2. The first-order valence-corrected chi connectivity index (χ1v) is 8.09. The van der Waals surface area contributed by atoms with Gasteiger partial charge in [0.25, 0.3) is 0 Å². The van der Waals surface area contributed by atoms with Gasteiger partial charge in [-0.25, -0.2) is 13.1 Å². The highest BCUT2D eigenvalue weighted by Crippen LogP contribution is 2.29. The molecule has 4 nitrogen and oxygen atoms in total. The molecule has 0 bridgehead atoms. The predicted molar refractivity (Wildman–Crippen MR) is 71.4 cm³/mol. The van der Waals surface area contributed by atoms with E-state index in [0.29, 0.717) is 6.54 Å². The van der Waals surface area contributed by atoms with Crippen molar-refractivity contribution in [1.82, 2.24) is 10.0 Å². The number of sulfonamides is 1. The van der Waals surface area contributed by atoms with E-state index >= 15 is 0 Å². The van der Waals surface area contributed by atoms with Gasteiger partial charge in [-0.1, -0.05) is 27.7 Å². The second kappa shape index (κ2) is 5.67. The van der Waals surface area contributed by atoms with Gasteiger partial charge in [-0.05, 0) is 30.7 Å². The summed E-state index contributed by atoms with van der Waals surface area (Å²) < 4.78 is 26.2. The summed E-state index contributed by atoms with van der Waals surface area (Å²) in [6.45, 7) is 9.72. The predicted octanol–water partition coefficient (Wildman–Crippen LogP) is 1.34. The van der Waals surface area contributed by atoms with Crippen molar-refractivity contribution in [2.24, 2.45) is 11.3 Å². The molecule has 1 aliphatic heterocycles. The number of rotatable bonds is 5. The van der Waals surface area contributed by atoms with Crippen LogP contribution in [0.5, 0.6) is 0 Å². The first kappa shape index (κ1) is 14.9. The van der Waals surface area contributed by atoms with Crippen LogP contribution in [0.2, 0.25) is 0 Å². The molecule has 0 aromatic carbocycles. The molecule has 1 rings (SSSR count). The Labute approximate surface area is 106 Å². The van der Waals surface area contributed by atoms with Crippen LogP contribution in [0, 0.1) is 11.3 Å². The van der Waals surface area contributed by atoms with E-state index in [1.165, 1.54) is 6.42 Å². The van der Waals surface area contributed by atoms with E-state index < -0.39 is 10.0 Å². The van der Waals surface area contributed by atoms with E-state index in [2.05, 4.69) is 23.9 Å². The molecule has 0 aromatic heterocycles. The van der Waals surface area contributed by atoms with E-state index in [4.69, 9.17) is 0 Å². The summed E-state index contributed by atoms with van der Waals surface area (Å²) in [5, 5.41) is 3.41. The maximum Gasteiger partial charge on any atom is 0.211 e. The Bertz CT molecular complexity index is 336. The Balaban J connectivity index is 2.49. The monoisotopic (exact) mass is 262 g/mol. The molecule has 0 aliphatic carbocycles. The quantitative estimate of drug-likeness (QED) is 0.786. The number of hydrogen-bond donors (Lipinski definition) is 2. The zero-order valence-corrected chi connectivity index (χ0v) is 12.2. The van der Waals surface area contributed by atoms with Crippen molar-refractivity contribution in [3.63, 3.8) is 0 Å². The van der Waals surface area contributed by atoms with Crippen molar-refractivity contribution in [2.75, 3.05) is 18.8 Å². The van der Waals surface area contributed by atoms with Crippen LogP contribution in [-0.2, 0) is 10.0 Å². The molecular formula is C12H26N2O2S. The molecule has 1 saturated heterocycles. The van der Waals surface area contributed by atoms with Crippen LogP contribution >= 0.6 is 0 Å². The summed E-state index contributed by atoms with van der Waals surface area (Å²) >= 11 is 0. The molecule has 0 spiro atoms. The second-order valence-electron chi connectivity index (χ2n) is 6.12. The standard InChI is InChI=1S/C12H26N2O2S/c1-10(2)9-17(15,16)14-8-11-12(3,4)6-5-7-13-11/h10-11,13-14H,5-9H2,1-4H3. The third-order valence-corrected chi connectivity index (χ3v) is 5.10. The normalized spacial score (nSPS) is 25.1. The third-order valence-electron chi connectivity index (χ3n) is 3.39. The molecule has 1 heterocycles. The fourth-order valence-corrected chi connectivity index (χ4v) is 3.74. The molecule has 1 fully saturated rings. The van der Waals surface area contributed by atoms with Gasteiger partial charge in [0.05, 0.1) is 5.75 Å². The molecule has 2 N–H and O–H groups in total. The first-order valence-electron chi connectivity index (χ1n) is 6.44. The Kier molecular flexibility index (Phi) is 4.98. The zero-order chi connectivity index (χ0) is 13.1.